The third-order valence-corrected chi connectivity index (χ3v) is 3.30. The molecule has 1 fully saturated rings. The van der Waals surface area contributed by atoms with Crippen LogP contribution in [0.3, 0.4) is 0 Å². The molecule has 0 radical (unpaired) electrons. The van der Waals surface area contributed by atoms with Crippen LogP contribution >= 0.6 is 0 Å². The van der Waals surface area contributed by atoms with Gasteiger partial charge in [-0.3, -0.25) is 9.59 Å². The molecule has 2 amide bonds. The summed E-state index contributed by atoms with van der Waals surface area (Å²) in [6.07, 6.45) is 2.16. The van der Waals surface area contributed by atoms with Gasteiger partial charge in [-0.15, -0.1) is 0 Å². The summed E-state index contributed by atoms with van der Waals surface area (Å²) in [6.45, 7) is 3.50. The number of rotatable bonds is 4. The second kappa shape index (κ2) is 6.59. The molecule has 0 bridgehead atoms. The number of carbonyl (C=O) groups excluding carboxylic acids is 2. The first-order valence-electron chi connectivity index (χ1n) is 6.23. The second-order valence-corrected chi connectivity index (χ2v) is 4.76. The van der Waals surface area contributed by atoms with Crippen LogP contribution in [0.5, 0.6) is 0 Å². The number of hydrogen-bond acceptors (Lipinski definition) is 3. The quantitative estimate of drug-likeness (QED) is 0.726. The summed E-state index contributed by atoms with van der Waals surface area (Å²) in [4.78, 5) is 24.9. The monoisotopic (exact) mass is 241 g/mol. The molecule has 2 atom stereocenters. The van der Waals surface area contributed by atoms with E-state index in [0.717, 1.165) is 19.4 Å². The van der Waals surface area contributed by atoms with Gasteiger partial charge in [0, 0.05) is 39.0 Å². The van der Waals surface area contributed by atoms with Gasteiger partial charge in [0.1, 0.15) is 0 Å². The van der Waals surface area contributed by atoms with E-state index in [9.17, 15) is 9.59 Å². The van der Waals surface area contributed by atoms with Crippen molar-refractivity contribution in [1.29, 1.82) is 0 Å². The van der Waals surface area contributed by atoms with Crippen molar-refractivity contribution in [3.8, 4) is 0 Å². The van der Waals surface area contributed by atoms with E-state index in [4.69, 9.17) is 0 Å². The molecule has 1 saturated heterocycles. The van der Waals surface area contributed by atoms with Crippen molar-refractivity contribution in [3.63, 3.8) is 0 Å². The molecule has 98 valence electrons. The summed E-state index contributed by atoms with van der Waals surface area (Å²) in [5.41, 5.74) is 0. The Kier molecular flexibility index (Phi) is 5.41. The molecule has 17 heavy (non-hydrogen) atoms. The molecule has 0 spiro atoms. The lowest BCUT2D eigenvalue weighted by atomic mass is 9.92. The topological polar surface area (TPSA) is 61.4 Å². The van der Waals surface area contributed by atoms with Crippen molar-refractivity contribution in [3.05, 3.63) is 0 Å². The highest BCUT2D eigenvalue weighted by Gasteiger charge is 2.26. The summed E-state index contributed by atoms with van der Waals surface area (Å²) >= 11 is 0. The van der Waals surface area contributed by atoms with Crippen molar-refractivity contribution in [2.75, 3.05) is 27.2 Å². The Hall–Kier alpha value is -1.10. The van der Waals surface area contributed by atoms with E-state index in [2.05, 4.69) is 17.6 Å². The summed E-state index contributed by atoms with van der Waals surface area (Å²) in [5.74, 6) is 0.256. The summed E-state index contributed by atoms with van der Waals surface area (Å²) in [5, 5.41) is 5.89. The van der Waals surface area contributed by atoms with Gasteiger partial charge in [0.25, 0.3) is 0 Å². The average Bonchev–Trinajstić information content (AvgIpc) is 2.34. The number of nitrogens with one attached hydrogen (secondary N) is 2. The predicted molar refractivity (Wildman–Crippen MR) is 66.5 cm³/mol. The molecule has 0 saturated carbocycles. The lowest BCUT2D eigenvalue weighted by molar-refractivity contribution is -0.135. The number of nitrogens with zero attached hydrogens (tertiary/aromatic N) is 1. The number of piperidine rings is 1. The Morgan fingerprint density at radius 1 is 1.47 bits per heavy atom. The Morgan fingerprint density at radius 2 is 2.18 bits per heavy atom. The fraction of sp³-hybridized carbons (Fsp3) is 0.833. The van der Waals surface area contributed by atoms with Gasteiger partial charge in [-0.1, -0.05) is 0 Å². The molecule has 1 heterocycles. The Morgan fingerprint density at radius 3 is 2.76 bits per heavy atom. The molecule has 2 N–H and O–H groups in total. The molecule has 2 unspecified atom stereocenters. The first-order valence-corrected chi connectivity index (χ1v) is 6.23. The molecule has 0 aromatic heterocycles. The van der Waals surface area contributed by atoms with Gasteiger partial charge in [-0.2, -0.15) is 0 Å². The van der Waals surface area contributed by atoms with Gasteiger partial charge >= 0.3 is 0 Å². The third kappa shape index (κ3) is 4.34. The SMILES string of the molecule is CNC(=O)CCN(C)C(=O)C1CCNC(C)C1. The van der Waals surface area contributed by atoms with Gasteiger partial charge in [-0.25, -0.2) is 0 Å². The molecule has 0 aliphatic carbocycles. The van der Waals surface area contributed by atoms with E-state index in [0.29, 0.717) is 19.0 Å². The number of amides is 2. The molecule has 0 aromatic rings. The van der Waals surface area contributed by atoms with Gasteiger partial charge in [0.15, 0.2) is 0 Å². The van der Waals surface area contributed by atoms with Crippen LogP contribution < -0.4 is 10.6 Å². The summed E-state index contributed by atoms with van der Waals surface area (Å²) in [6, 6.07) is 0.407. The van der Waals surface area contributed by atoms with Crippen LogP contribution in [-0.2, 0) is 9.59 Å². The van der Waals surface area contributed by atoms with Crippen LogP contribution in [0.25, 0.3) is 0 Å². The highest BCUT2D eigenvalue weighted by molar-refractivity contribution is 5.80. The standard InChI is InChI=1S/C12H23N3O2/c1-9-8-10(4-6-14-9)12(17)15(3)7-5-11(16)13-2/h9-10,14H,4-8H2,1-3H3,(H,13,16). The lowest BCUT2D eigenvalue weighted by Crippen LogP contribution is -2.43. The van der Waals surface area contributed by atoms with Crippen LogP contribution in [-0.4, -0.2) is 49.9 Å². The van der Waals surface area contributed by atoms with Crippen LogP contribution in [0, 0.1) is 5.92 Å². The van der Waals surface area contributed by atoms with E-state index in [-0.39, 0.29) is 17.7 Å². The van der Waals surface area contributed by atoms with Crippen LogP contribution in [0.2, 0.25) is 0 Å². The normalized spacial score (nSPS) is 24.2. The fourth-order valence-corrected chi connectivity index (χ4v) is 2.17. The predicted octanol–water partition coefficient (Wildman–Crippen LogP) is -0.0310. The van der Waals surface area contributed by atoms with E-state index in [1.807, 2.05) is 0 Å². The van der Waals surface area contributed by atoms with Gasteiger partial charge in [-0.05, 0) is 26.3 Å². The zero-order valence-corrected chi connectivity index (χ0v) is 11.0. The molecule has 1 rings (SSSR count). The molecule has 1 aliphatic heterocycles. The largest absolute Gasteiger partial charge is 0.359 e. The number of carbonyl (C=O) groups is 2. The highest BCUT2D eigenvalue weighted by atomic mass is 16.2. The van der Waals surface area contributed by atoms with Crippen LogP contribution in [0.4, 0.5) is 0 Å². The minimum absolute atomic E-state index is 0.0247. The van der Waals surface area contributed by atoms with Crippen molar-refractivity contribution in [2.45, 2.75) is 32.2 Å². The zero-order valence-electron chi connectivity index (χ0n) is 11.0. The average molecular weight is 241 g/mol. The van der Waals surface area contributed by atoms with E-state index < -0.39 is 0 Å². The maximum absolute atomic E-state index is 12.1. The third-order valence-electron chi connectivity index (χ3n) is 3.30. The fourth-order valence-electron chi connectivity index (χ4n) is 2.17. The van der Waals surface area contributed by atoms with E-state index in [1.54, 1.807) is 19.0 Å². The van der Waals surface area contributed by atoms with Crippen LogP contribution in [0.15, 0.2) is 0 Å². The van der Waals surface area contributed by atoms with Crippen molar-refractivity contribution in [2.24, 2.45) is 5.92 Å². The van der Waals surface area contributed by atoms with Crippen molar-refractivity contribution < 1.29 is 9.59 Å². The lowest BCUT2D eigenvalue weighted by Gasteiger charge is -2.30. The molecule has 0 aromatic carbocycles. The molecular weight excluding hydrogens is 218 g/mol. The zero-order chi connectivity index (χ0) is 12.8. The first kappa shape index (κ1) is 14.0. The molecule has 5 nitrogen and oxygen atoms in total. The summed E-state index contributed by atoms with van der Waals surface area (Å²) < 4.78 is 0. The van der Waals surface area contributed by atoms with E-state index >= 15 is 0 Å². The van der Waals surface area contributed by atoms with E-state index in [1.165, 1.54) is 0 Å². The Labute approximate surface area is 103 Å². The minimum atomic E-state index is -0.0247. The van der Waals surface area contributed by atoms with Crippen LogP contribution in [0.1, 0.15) is 26.2 Å². The minimum Gasteiger partial charge on any atom is -0.359 e. The van der Waals surface area contributed by atoms with Gasteiger partial charge in [0.05, 0.1) is 0 Å². The maximum atomic E-state index is 12.1. The smallest absolute Gasteiger partial charge is 0.225 e. The summed E-state index contributed by atoms with van der Waals surface area (Å²) in [7, 11) is 3.39. The Bertz CT molecular complexity index is 281. The first-order chi connectivity index (χ1) is 8.04. The molecular formula is C12H23N3O2. The number of hydrogen-bond donors (Lipinski definition) is 2. The molecule has 5 heteroatoms. The van der Waals surface area contributed by atoms with Gasteiger partial charge in [0.2, 0.25) is 11.8 Å². The molecule has 1 aliphatic rings. The highest BCUT2D eigenvalue weighted by Crippen LogP contribution is 2.18. The maximum Gasteiger partial charge on any atom is 0.225 e. The van der Waals surface area contributed by atoms with Crippen molar-refractivity contribution >= 4 is 11.8 Å². The Balaban J connectivity index is 2.37. The second-order valence-electron chi connectivity index (χ2n) is 4.76. The van der Waals surface area contributed by atoms with Crippen molar-refractivity contribution in [1.82, 2.24) is 15.5 Å². The van der Waals surface area contributed by atoms with Gasteiger partial charge < -0.3 is 15.5 Å².